The topological polar surface area (TPSA) is 66.8 Å². The molecule has 0 atom stereocenters. The van der Waals surface area contributed by atoms with Crippen LogP contribution in [-0.4, -0.2) is 41.1 Å². The Hall–Kier alpha value is -2.04. The lowest BCUT2D eigenvalue weighted by Gasteiger charge is -2.21. The number of hydrogen-bond acceptors (Lipinski definition) is 3. The van der Waals surface area contributed by atoms with Crippen LogP contribution in [0.3, 0.4) is 0 Å². The van der Waals surface area contributed by atoms with Gasteiger partial charge in [-0.15, -0.1) is 0 Å². The van der Waals surface area contributed by atoms with Gasteiger partial charge in [-0.05, 0) is 31.9 Å². The van der Waals surface area contributed by atoms with Gasteiger partial charge in [-0.2, -0.15) is 0 Å². The molecule has 1 amide bonds. The molecule has 19 heavy (non-hydrogen) atoms. The van der Waals surface area contributed by atoms with Crippen molar-refractivity contribution in [3.8, 4) is 5.75 Å². The number of carbonyl (C=O) groups is 2. The fraction of sp³-hybridized carbons (Fsp3) is 0.429. The summed E-state index contributed by atoms with van der Waals surface area (Å²) < 4.78 is 5.42. The maximum atomic E-state index is 12.4. The van der Waals surface area contributed by atoms with E-state index in [0.29, 0.717) is 17.9 Å². The molecule has 1 aromatic rings. The van der Waals surface area contributed by atoms with Crippen LogP contribution < -0.4 is 4.74 Å². The van der Waals surface area contributed by atoms with Crippen molar-refractivity contribution in [3.63, 3.8) is 0 Å². The van der Waals surface area contributed by atoms with E-state index in [4.69, 9.17) is 9.84 Å². The summed E-state index contributed by atoms with van der Waals surface area (Å²) in [5, 5.41) is 8.90. The SMILES string of the molecule is CCOc1ccccc1C(=O)N(CC(=O)O)C1CC1. The molecule has 2 rings (SSSR count). The predicted molar refractivity (Wildman–Crippen MR) is 69.3 cm³/mol. The number of rotatable bonds is 6. The van der Waals surface area contributed by atoms with E-state index in [1.807, 2.05) is 6.92 Å². The van der Waals surface area contributed by atoms with E-state index in [9.17, 15) is 9.59 Å². The molecule has 1 N–H and O–H groups in total. The van der Waals surface area contributed by atoms with Crippen molar-refractivity contribution in [2.75, 3.05) is 13.2 Å². The smallest absolute Gasteiger partial charge is 0.323 e. The van der Waals surface area contributed by atoms with Crippen molar-refractivity contribution in [2.24, 2.45) is 0 Å². The molecule has 0 radical (unpaired) electrons. The number of carbonyl (C=O) groups excluding carboxylic acids is 1. The van der Waals surface area contributed by atoms with E-state index in [2.05, 4.69) is 0 Å². The molecule has 1 aliphatic carbocycles. The Morgan fingerprint density at radius 1 is 1.37 bits per heavy atom. The van der Waals surface area contributed by atoms with Gasteiger partial charge in [0, 0.05) is 6.04 Å². The largest absolute Gasteiger partial charge is 0.493 e. The Morgan fingerprint density at radius 2 is 2.05 bits per heavy atom. The second-order valence-electron chi connectivity index (χ2n) is 4.49. The summed E-state index contributed by atoms with van der Waals surface area (Å²) in [6.07, 6.45) is 1.74. The van der Waals surface area contributed by atoms with Gasteiger partial charge in [0.25, 0.3) is 5.91 Å². The zero-order valence-electron chi connectivity index (χ0n) is 10.8. The number of aliphatic carboxylic acids is 1. The Balaban J connectivity index is 2.23. The van der Waals surface area contributed by atoms with Gasteiger partial charge < -0.3 is 14.7 Å². The van der Waals surface area contributed by atoms with Gasteiger partial charge in [0.2, 0.25) is 0 Å². The summed E-state index contributed by atoms with van der Waals surface area (Å²) in [4.78, 5) is 24.7. The van der Waals surface area contributed by atoms with E-state index in [-0.39, 0.29) is 18.5 Å². The van der Waals surface area contributed by atoms with Crippen LogP contribution in [0.15, 0.2) is 24.3 Å². The highest BCUT2D eigenvalue weighted by molar-refractivity contribution is 5.98. The lowest BCUT2D eigenvalue weighted by Crippen LogP contribution is -2.37. The summed E-state index contributed by atoms with van der Waals surface area (Å²) >= 11 is 0. The normalized spacial score (nSPS) is 13.9. The molecule has 0 heterocycles. The van der Waals surface area contributed by atoms with Crippen LogP contribution in [0.4, 0.5) is 0 Å². The molecule has 102 valence electrons. The number of ether oxygens (including phenoxy) is 1. The number of benzene rings is 1. The average Bonchev–Trinajstić information content (AvgIpc) is 3.20. The molecule has 0 unspecified atom stereocenters. The molecule has 1 saturated carbocycles. The quantitative estimate of drug-likeness (QED) is 0.849. The Kier molecular flexibility index (Phi) is 4.04. The standard InChI is InChI=1S/C14H17NO4/c1-2-19-12-6-4-3-5-11(12)14(18)15(9-13(16)17)10-7-8-10/h3-6,10H,2,7-9H2,1H3,(H,16,17). The first-order chi connectivity index (χ1) is 9.13. The van der Waals surface area contributed by atoms with E-state index < -0.39 is 5.97 Å². The number of carboxylic acids is 1. The second kappa shape index (κ2) is 5.73. The minimum atomic E-state index is -0.992. The van der Waals surface area contributed by atoms with Crippen molar-refractivity contribution < 1.29 is 19.4 Å². The molecule has 0 aliphatic heterocycles. The molecule has 0 saturated heterocycles. The van der Waals surface area contributed by atoms with Gasteiger partial charge in [-0.25, -0.2) is 0 Å². The van der Waals surface area contributed by atoms with Gasteiger partial charge in [0.1, 0.15) is 12.3 Å². The minimum Gasteiger partial charge on any atom is -0.493 e. The maximum absolute atomic E-state index is 12.4. The van der Waals surface area contributed by atoms with Gasteiger partial charge in [-0.1, -0.05) is 12.1 Å². The molecule has 5 heteroatoms. The highest BCUT2D eigenvalue weighted by Crippen LogP contribution is 2.30. The summed E-state index contributed by atoms with van der Waals surface area (Å²) in [5.74, 6) is -0.755. The molecule has 0 bridgehead atoms. The number of hydrogen-bond donors (Lipinski definition) is 1. The van der Waals surface area contributed by atoms with E-state index in [1.165, 1.54) is 4.90 Å². The number of nitrogens with zero attached hydrogens (tertiary/aromatic N) is 1. The van der Waals surface area contributed by atoms with Gasteiger partial charge in [0.05, 0.1) is 12.2 Å². The lowest BCUT2D eigenvalue weighted by molar-refractivity contribution is -0.137. The average molecular weight is 263 g/mol. The number of carboxylic acid groups (broad SMARTS) is 1. The first kappa shape index (κ1) is 13.4. The Morgan fingerprint density at radius 3 is 2.63 bits per heavy atom. The van der Waals surface area contributed by atoms with E-state index >= 15 is 0 Å². The maximum Gasteiger partial charge on any atom is 0.323 e. The molecular formula is C14H17NO4. The van der Waals surface area contributed by atoms with E-state index in [0.717, 1.165) is 12.8 Å². The van der Waals surface area contributed by atoms with Gasteiger partial charge in [0.15, 0.2) is 0 Å². The third kappa shape index (κ3) is 3.24. The van der Waals surface area contributed by atoms with Crippen molar-refractivity contribution in [1.29, 1.82) is 0 Å². The third-order valence-corrected chi connectivity index (χ3v) is 2.97. The molecule has 1 aromatic carbocycles. The van der Waals surface area contributed by atoms with Crippen LogP contribution in [0.1, 0.15) is 30.1 Å². The van der Waals surface area contributed by atoms with Crippen molar-refractivity contribution in [3.05, 3.63) is 29.8 Å². The third-order valence-electron chi connectivity index (χ3n) is 2.97. The zero-order valence-corrected chi connectivity index (χ0v) is 10.8. The summed E-state index contributed by atoms with van der Waals surface area (Å²) in [6.45, 7) is 2.05. The van der Waals surface area contributed by atoms with Crippen LogP contribution in [0, 0.1) is 0 Å². The predicted octanol–water partition coefficient (Wildman–Crippen LogP) is 1.77. The molecule has 0 spiro atoms. The molecular weight excluding hydrogens is 246 g/mol. The van der Waals surface area contributed by atoms with Crippen LogP contribution in [-0.2, 0) is 4.79 Å². The lowest BCUT2D eigenvalue weighted by atomic mass is 10.1. The van der Waals surface area contributed by atoms with Gasteiger partial charge in [-0.3, -0.25) is 9.59 Å². The Labute approximate surface area is 111 Å². The monoisotopic (exact) mass is 263 g/mol. The number of amides is 1. The van der Waals surface area contributed by atoms with E-state index in [1.54, 1.807) is 24.3 Å². The Bertz CT molecular complexity index is 482. The van der Waals surface area contributed by atoms with Crippen LogP contribution in [0.5, 0.6) is 5.75 Å². The van der Waals surface area contributed by atoms with Crippen molar-refractivity contribution in [2.45, 2.75) is 25.8 Å². The minimum absolute atomic E-state index is 0.0540. The highest BCUT2D eigenvalue weighted by atomic mass is 16.5. The fourth-order valence-corrected chi connectivity index (χ4v) is 1.98. The summed E-state index contributed by atoms with van der Waals surface area (Å²) in [7, 11) is 0. The first-order valence-corrected chi connectivity index (χ1v) is 6.38. The molecule has 5 nitrogen and oxygen atoms in total. The van der Waals surface area contributed by atoms with Crippen molar-refractivity contribution >= 4 is 11.9 Å². The van der Waals surface area contributed by atoms with Crippen LogP contribution in [0.2, 0.25) is 0 Å². The summed E-state index contributed by atoms with van der Waals surface area (Å²) in [5.41, 5.74) is 0.428. The van der Waals surface area contributed by atoms with Crippen LogP contribution in [0.25, 0.3) is 0 Å². The summed E-state index contributed by atoms with van der Waals surface area (Å²) in [6, 6.07) is 6.99. The molecule has 1 aliphatic rings. The second-order valence-corrected chi connectivity index (χ2v) is 4.49. The van der Waals surface area contributed by atoms with Gasteiger partial charge >= 0.3 is 5.97 Å². The van der Waals surface area contributed by atoms with Crippen molar-refractivity contribution in [1.82, 2.24) is 4.90 Å². The highest BCUT2D eigenvalue weighted by Gasteiger charge is 2.35. The zero-order chi connectivity index (χ0) is 13.8. The molecule has 0 aromatic heterocycles. The molecule has 1 fully saturated rings. The first-order valence-electron chi connectivity index (χ1n) is 6.38. The number of para-hydroxylation sites is 1. The fourth-order valence-electron chi connectivity index (χ4n) is 1.98. The van der Waals surface area contributed by atoms with Crippen LogP contribution >= 0.6 is 0 Å².